The molecule has 0 bridgehead atoms. The second-order valence-electron chi connectivity index (χ2n) is 3.82. The van der Waals surface area contributed by atoms with Crippen molar-refractivity contribution in [3.05, 3.63) is 23.4 Å². The van der Waals surface area contributed by atoms with Crippen LogP contribution in [0.25, 0.3) is 0 Å². The first-order valence-corrected chi connectivity index (χ1v) is 4.58. The third kappa shape index (κ3) is 0.815. The molecule has 0 amide bonds. The fraction of sp³-hybridized carbons (Fsp3) is 0.500. The van der Waals surface area contributed by atoms with Gasteiger partial charge in [0.1, 0.15) is 0 Å². The van der Waals surface area contributed by atoms with Gasteiger partial charge < -0.3 is 5.32 Å². The Morgan fingerprint density at radius 3 is 3.50 bits per heavy atom. The normalized spacial score (nSPS) is 37.3. The second-order valence-corrected chi connectivity index (χ2v) is 3.82. The van der Waals surface area contributed by atoms with Gasteiger partial charge in [0.15, 0.2) is 0 Å². The first-order valence-electron chi connectivity index (χ1n) is 4.58. The van der Waals surface area contributed by atoms with Crippen LogP contribution in [0.15, 0.2) is 28.4 Å². The van der Waals surface area contributed by atoms with Gasteiger partial charge >= 0.3 is 0 Å². The molecule has 1 N–H and O–H groups in total. The summed E-state index contributed by atoms with van der Waals surface area (Å²) in [5.74, 6) is 1.41. The number of nitrogens with zero attached hydrogens (tertiary/aromatic N) is 1. The number of allylic oxidation sites excluding steroid dienone is 2. The number of aliphatic imine (C=N–C) groups is 1. The highest BCUT2D eigenvalue weighted by Crippen LogP contribution is 2.35. The van der Waals surface area contributed by atoms with Gasteiger partial charge in [-0.15, -0.1) is 0 Å². The van der Waals surface area contributed by atoms with Crippen LogP contribution in [-0.4, -0.2) is 19.3 Å². The number of rotatable bonds is 0. The summed E-state index contributed by atoms with van der Waals surface area (Å²) in [6.45, 7) is 2.26. The van der Waals surface area contributed by atoms with Gasteiger partial charge in [-0.2, -0.15) is 0 Å². The molecule has 0 aromatic rings. The Kier molecular flexibility index (Phi) is 1.27. The van der Waals surface area contributed by atoms with Crippen molar-refractivity contribution < 1.29 is 0 Å². The van der Waals surface area contributed by atoms with E-state index in [1.807, 2.05) is 6.20 Å². The van der Waals surface area contributed by atoms with Crippen molar-refractivity contribution in [2.75, 3.05) is 13.1 Å². The zero-order chi connectivity index (χ0) is 7.97. The van der Waals surface area contributed by atoms with Gasteiger partial charge in [-0.05, 0) is 17.9 Å². The average Bonchev–Trinajstić information content (AvgIpc) is 2.64. The minimum atomic E-state index is 0.624. The summed E-state index contributed by atoms with van der Waals surface area (Å²) in [5, 5.41) is 3.41. The van der Waals surface area contributed by atoms with E-state index < -0.39 is 0 Å². The minimum absolute atomic E-state index is 0.624. The lowest BCUT2D eigenvalue weighted by Gasteiger charge is -2.22. The summed E-state index contributed by atoms with van der Waals surface area (Å²) < 4.78 is 0. The highest BCUT2D eigenvalue weighted by molar-refractivity contribution is 5.72. The summed E-state index contributed by atoms with van der Waals surface area (Å²) in [7, 11) is 0. The Morgan fingerprint density at radius 2 is 2.50 bits per heavy atom. The molecule has 2 heteroatoms. The largest absolute Gasteiger partial charge is 0.312 e. The molecule has 1 fully saturated rings. The molecule has 0 radical (unpaired) electrons. The SMILES string of the molecule is C1=NC=C2C=C3CNCC3CC12. The van der Waals surface area contributed by atoms with Gasteiger partial charge in [0.05, 0.1) is 0 Å². The molecule has 0 spiro atoms. The van der Waals surface area contributed by atoms with E-state index in [2.05, 4.69) is 22.6 Å². The summed E-state index contributed by atoms with van der Waals surface area (Å²) in [6.07, 6.45) is 7.70. The van der Waals surface area contributed by atoms with Crippen molar-refractivity contribution in [2.45, 2.75) is 6.42 Å². The molecule has 1 aliphatic carbocycles. The molecule has 2 nitrogen and oxygen atoms in total. The zero-order valence-corrected chi connectivity index (χ0v) is 6.96. The third-order valence-electron chi connectivity index (χ3n) is 3.05. The van der Waals surface area contributed by atoms with E-state index in [4.69, 9.17) is 0 Å². The van der Waals surface area contributed by atoms with E-state index >= 15 is 0 Å². The van der Waals surface area contributed by atoms with Crippen LogP contribution in [0.4, 0.5) is 0 Å². The molecule has 2 atom stereocenters. The second kappa shape index (κ2) is 2.30. The van der Waals surface area contributed by atoms with Crippen LogP contribution in [0.1, 0.15) is 6.42 Å². The number of hydrogen-bond acceptors (Lipinski definition) is 2. The lowest BCUT2D eigenvalue weighted by atomic mass is 9.81. The van der Waals surface area contributed by atoms with Crippen molar-refractivity contribution in [1.82, 2.24) is 5.32 Å². The van der Waals surface area contributed by atoms with E-state index in [1.54, 1.807) is 5.57 Å². The van der Waals surface area contributed by atoms with Crippen molar-refractivity contribution in [1.29, 1.82) is 0 Å². The standard InChI is InChI=1S/C10H12N2/c1-7-3-11-5-9(7)2-10-6-12-4-8(1)10/h1,3,5,9-10,12H,2,4,6H2. The van der Waals surface area contributed by atoms with Crippen molar-refractivity contribution in [3.63, 3.8) is 0 Å². The van der Waals surface area contributed by atoms with Crippen LogP contribution in [0.5, 0.6) is 0 Å². The van der Waals surface area contributed by atoms with Crippen LogP contribution in [0.2, 0.25) is 0 Å². The van der Waals surface area contributed by atoms with Crippen molar-refractivity contribution in [3.8, 4) is 0 Å². The van der Waals surface area contributed by atoms with E-state index in [-0.39, 0.29) is 0 Å². The van der Waals surface area contributed by atoms with Crippen LogP contribution in [0, 0.1) is 11.8 Å². The van der Waals surface area contributed by atoms with E-state index in [1.165, 1.54) is 18.5 Å². The van der Waals surface area contributed by atoms with Crippen LogP contribution in [0.3, 0.4) is 0 Å². The minimum Gasteiger partial charge on any atom is -0.312 e. The topological polar surface area (TPSA) is 24.4 Å². The average molecular weight is 160 g/mol. The van der Waals surface area contributed by atoms with Crippen LogP contribution in [-0.2, 0) is 0 Å². The van der Waals surface area contributed by atoms with Gasteiger partial charge in [0.25, 0.3) is 0 Å². The number of nitrogens with one attached hydrogen (secondary N) is 1. The molecule has 1 saturated heterocycles. The first-order chi connectivity index (χ1) is 5.93. The maximum Gasteiger partial charge on any atom is 0.0302 e. The molecular formula is C10H12N2. The molecule has 0 aromatic carbocycles. The predicted octanol–water partition coefficient (Wildman–Crippen LogP) is 1.12. The molecule has 12 heavy (non-hydrogen) atoms. The van der Waals surface area contributed by atoms with E-state index in [0.29, 0.717) is 5.92 Å². The molecule has 2 aliphatic heterocycles. The molecule has 0 aromatic heterocycles. The first kappa shape index (κ1) is 6.61. The molecule has 62 valence electrons. The molecule has 3 rings (SSSR count). The Bertz CT molecular complexity index is 299. The molecule has 3 aliphatic rings. The van der Waals surface area contributed by atoms with Gasteiger partial charge in [-0.25, -0.2) is 0 Å². The molecular weight excluding hydrogens is 148 g/mol. The predicted molar refractivity (Wildman–Crippen MR) is 49.1 cm³/mol. The van der Waals surface area contributed by atoms with E-state index in [0.717, 1.165) is 12.5 Å². The summed E-state index contributed by atoms with van der Waals surface area (Å²) in [6, 6.07) is 0. The van der Waals surface area contributed by atoms with Crippen LogP contribution >= 0.6 is 0 Å². The van der Waals surface area contributed by atoms with E-state index in [9.17, 15) is 0 Å². The number of fused-ring (bicyclic) bond motifs is 2. The smallest absolute Gasteiger partial charge is 0.0302 e. The maximum atomic E-state index is 4.20. The fourth-order valence-electron chi connectivity index (χ4n) is 2.35. The van der Waals surface area contributed by atoms with Crippen molar-refractivity contribution in [2.24, 2.45) is 16.8 Å². The lowest BCUT2D eigenvalue weighted by molar-refractivity contribution is 0.542. The highest BCUT2D eigenvalue weighted by atomic mass is 14.9. The third-order valence-corrected chi connectivity index (χ3v) is 3.05. The zero-order valence-electron chi connectivity index (χ0n) is 6.96. The maximum absolute atomic E-state index is 4.20. The fourth-order valence-corrected chi connectivity index (χ4v) is 2.35. The Morgan fingerprint density at radius 1 is 1.50 bits per heavy atom. The monoisotopic (exact) mass is 160 g/mol. The summed E-state index contributed by atoms with van der Waals surface area (Å²) in [5.41, 5.74) is 3.01. The Labute approximate surface area is 72.1 Å². The lowest BCUT2D eigenvalue weighted by Crippen LogP contribution is -2.17. The Hall–Kier alpha value is -0.890. The van der Waals surface area contributed by atoms with Gasteiger partial charge in [-0.3, -0.25) is 4.99 Å². The quantitative estimate of drug-likeness (QED) is 0.564. The number of hydrogen-bond donors (Lipinski definition) is 1. The van der Waals surface area contributed by atoms with Gasteiger partial charge in [0.2, 0.25) is 0 Å². The molecule has 0 saturated carbocycles. The molecule has 2 heterocycles. The highest BCUT2D eigenvalue weighted by Gasteiger charge is 2.30. The van der Waals surface area contributed by atoms with Crippen LogP contribution < -0.4 is 5.32 Å². The summed E-state index contributed by atoms with van der Waals surface area (Å²) in [4.78, 5) is 4.20. The van der Waals surface area contributed by atoms with Gasteiger partial charge in [-0.1, -0.05) is 11.6 Å². The van der Waals surface area contributed by atoms with Crippen molar-refractivity contribution >= 4 is 6.21 Å². The Balaban J connectivity index is 1.99. The van der Waals surface area contributed by atoms with Gasteiger partial charge in [0, 0.05) is 31.4 Å². The molecule has 2 unspecified atom stereocenters. The summed E-state index contributed by atoms with van der Waals surface area (Å²) >= 11 is 0.